The molecule has 0 aromatic heterocycles. The molecular weight excluding hydrogens is 274 g/mol. The van der Waals surface area contributed by atoms with E-state index in [-0.39, 0.29) is 17.9 Å². The van der Waals surface area contributed by atoms with Crippen molar-refractivity contribution in [1.29, 1.82) is 0 Å². The lowest BCUT2D eigenvalue weighted by molar-refractivity contribution is -0.125. The summed E-state index contributed by atoms with van der Waals surface area (Å²) in [4.78, 5) is 14.8. The second kappa shape index (κ2) is 8.91. The third-order valence-electron chi connectivity index (χ3n) is 4.57. The van der Waals surface area contributed by atoms with Gasteiger partial charge in [-0.15, -0.1) is 0 Å². The van der Waals surface area contributed by atoms with E-state index in [1.54, 1.807) is 0 Å². The quantitative estimate of drug-likeness (QED) is 0.811. The maximum atomic E-state index is 12.4. The number of hydrogen-bond acceptors (Lipinski definition) is 3. The Morgan fingerprint density at radius 1 is 1.32 bits per heavy atom. The number of carbonyl (C=O) groups excluding carboxylic acids is 1. The van der Waals surface area contributed by atoms with Gasteiger partial charge in [-0.05, 0) is 38.0 Å². The van der Waals surface area contributed by atoms with E-state index < -0.39 is 0 Å². The molecule has 0 saturated carbocycles. The van der Waals surface area contributed by atoms with Crippen molar-refractivity contribution in [3.8, 4) is 0 Å². The highest BCUT2D eigenvalue weighted by Crippen LogP contribution is 2.20. The van der Waals surface area contributed by atoms with Crippen molar-refractivity contribution in [2.75, 3.05) is 32.7 Å². The second-order valence-corrected chi connectivity index (χ2v) is 5.94. The largest absolute Gasteiger partial charge is 0.354 e. The number of carbonyl (C=O) groups is 1. The number of likely N-dealkylation sites (N-methyl/N-ethyl adjacent to an activating group) is 1. The van der Waals surface area contributed by atoms with Gasteiger partial charge in [0.2, 0.25) is 5.91 Å². The van der Waals surface area contributed by atoms with Crippen molar-refractivity contribution < 1.29 is 4.79 Å². The molecule has 2 atom stereocenters. The number of amides is 1. The lowest BCUT2D eigenvalue weighted by Gasteiger charge is -2.31. The molecule has 4 heteroatoms. The number of benzene rings is 1. The van der Waals surface area contributed by atoms with Gasteiger partial charge >= 0.3 is 0 Å². The predicted octanol–water partition coefficient (Wildman–Crippen LogP) is 2.19. The van der Waals surface area contributed by atoms with Gasteiger partial charge in [0.05, 0.1) is 12.0 Å². The Labute approximate surface area is 134 Å². The molecule has 1 heterocycles. The second-order valence-electron chi connectivity index (χ2n) is 5.94. The third kappa shape index (κ3) is 4.55. The molecule has 0 bridgehead atoms. The van der Waals surface area contributed by atoms with Gasteiger partial charge in [-0.3, -0.25) is 9.69 Å². The van der Waals surface area contributed by atoms with Crippen molar-refractivity contribution in [3.63, 3.8) is 0 Å². The highest BCUT2D eigenvalue weighted by Gasteiger charge is 2.23. The van der Waals surface area contributed by atoms with Crippen molar-refractivity contribution in [3.05, 3.63) is 35.9 Å². The highest BCUT2D eigenvalue weighted by molar-refractivity contribution is 5.79. The first-order chi connectivity index (χ1) is 10.8. The first-order valence-electron chi connectivity index (χ1n) is 8.53. The minimum atomic E-state index is 0.127. The van der Waals surface area contributed by atoms with Gasteiger partial charge in [-0.25, -0.2) is 0 Å². The molecule has 2 N–H and O–H groups in total. The predicted molar refractivity (Wildman–Crippen MR) is 90.7 cm³/mol. The SMILES string of the molecule is CCN(CC)C(CNC(=O)[C@@H]1CCCNC1)c1ccccc1. The van der Waals surface area contributed by atoms with E-state index in [2.05, 4.69) is 53.6 Å². The van der Waals surface area contributed by atoms with E-state index in [9.17, 15) is 4.79 Å². The fourth-order valence-electron chi connectivity index (χ4n) is 3.21. The van der Waals surface area contributed by atoms with E-state index in [0.29, 0.717) is 6.54 Å². The standard InChI is InChI=1S/C18H29N3O/c1-3-21(4-2)17(15-9-6-5-7-10-15)14-20-18(22)16-11-8-12-19-13-16/h5-7,9-10,16-17,19H,3-4,8,11-14H2,1-2H3,(H,20,22)/t16-,17?/m1/s1. The van der Waals surface area contributed by atoms with Crippen LogP contribution in [-0.4, -0.2) is 43.5 Å². The molecule has 1 fully saturated rings. The molecule has 122 valence electrons. The molecule has 1 aliphatic heterocycles. The van der Waals surface area contributed by atoms with Crippen molar-refractivity contribution in [1.82, 2.24) is 15.5 Å². The molecule has 1 saturated heterocycles. The Hall–Kier alpha value is -1.39. The molecule has 1 aromatic rings. The van der Waals surface area contributed by atoms with Gasteiger partial charge < -0.3 is 10.6 Å². The monoisotopic (exact) mass is 303 g/mol. The number of hydrogen-bond donors (Lipinski definition) is 2. The normalized spacial score (nSPS) is 19.9. The Kier molecular flexibility index (Phi) is 6.87. The fraction of sp³-hybridized carbons (Fsp3) is 0.611. The minimum Gasteiger partial charge on any atom is -0.354 e. The summed E-state index contributed by atoms with van der Waals surface area (Å²) in [5.74, 6) is 0.321. The van der Waals surface area contributed by atoms with Crippen LogP contribution in [0.3, 0.4) is 0 Å². The Bertz CT molecular complexity index is 439. The van der Waals surface area contributed by atoms with E-state index in [0.717, 1.165) is 39.0 Å². The van der Waals surface area contributed by atoms with Crippen LogP contribution in [0.15, 0.2) is 30.3 Å². The molecule has 0 spiro atoms. The molecule has 0 radical (unpaired) electrons. The van der Waals surface area contributed by atoms with Crippen molar-refractivity contribution in [2.24, 2.45) is 5.92 Å². The number of nitrogens with zero attached hydrogens (tertiary/aromatic N) is 1. The minimum absolute atomic E-state index is 0.127. The maximum Gasteiger partial charge on any atom is 0.224 e. The van der Waals surface area contributed by atoms with Gasteiger partial charge in [-0.1, -0.05) is 44.2 Å². The van der Waals surface area contributed by atoms with Crippen LogP contribution in [0.25, 0.3) is 0 Å². The third-order valence-corrected chi connectivity index (χ3v) is 4.57. The summed E-state index contributed by atoms with van der Waals surface area (Å²) in [7, 11) is 0. The molecule has 0 aliphatic carbocycles. The smallest absolute Gasteiger partial charge is 0.224 e. The molecule has 1 amide bonds. The number of nitrogens with one attached hydrogen (secondary N) is 2. The van der Waals surface area contributed by atoms with Gasteiger partial charge in [0, 0.05) is 13.1 Å². The van der Waals surface area contributed by atoms with Crippen LogP contribution in [0.1, 0.15) is 38.3 Å². The van der Waals surface area contributed by atoms with Crippen LogP contribution in [0.4, 0.5) is 0 Å². The summed E-state index contributed by atoms with van der Waals surface area (Å²) in [6.45, 7) is 8.84. The van der Waals surface area contributed by atoms with Gasteiger partial charge in [0.1, 0.15) is 0 Å². The first kappa shape index (κ1) is 17.0. The molecule has 2 rings (SSSR count). The van der Waals surface area contributed by atoms with Crippen molar-refractivity contribution in [2.45, 2.75) is 32.7 Å². The highest BCUT2D eigenvalue weighted by atomic mass is 16.1. The molecule has 22 heavy (non-hydrogen) atoms. The van der Waals surface area contributed by atoms with Crippen LogP contribution in [-0.2, 0) is 4.79 Å². The average molecular weight is 303 g/mol. The van der Waals surface area contributed by atoms with Gasteiger partial charge in [0.25, 0.3) is 0 Å². The summed E-state index contributed by atoms with van der Waals surface area (Å²) in [5, 5.41) is 6.49. The van der Waals surface area contributed by atoms with Crippen LogP contribution in [0, 0.1) is 5.92 Å². The lowest BCUT2D eigenvalue weighted by atomic mass is 9.98. The fourth-order valence-corrected chi connectivity index (χ4v) is 3.21. The maximum absolute atomic E-state index is 12.4. The summed E-state index contributed by atoms with van der Waals surface area (Å²) in [6, 6.07) is 10.7. The van der Waals surface area contributed by atoms with E-state index in [4.69, 9.17) is 0 Å². The van der Waals surface area contributed by atoms with Crippen LogP contribution >= 0.6 is 0 Å². The molecule has 1 aliphatic rings. The van der Waals surface area contributed by atoms with Gasteiger partial charge in [0.15, 0.2) is 0 Å². The van der Waals surface area contributed by atoms with E-state index >= 15 is 0 Å². The van der Waals surface area contributed by atoms with Crippen LogP contribution in [0.5, 0.6) is 0 Å². The zero-order valence-electron chi connectivity index (χ0n) is 13.8. The summed E-state index contributed by atoms with van der Waals surface area (Å²) < 4.78 is 0. The summed E-state index contributed by atoms with van der Waals surface area (Å²) in [5.41, 5.74) is 1.27. The molecule has 1 aromatic carbocycles. The van der Waals surface area contributed by atoms with E-state index in [1.165, 1.54) is 5.56 Å². The molecule has 4 nitrogen and oxygen atoms in total. The number of piperidine rings is 1. The topological polar surface area (TPSA) is 44.4 Å². The van der Waals surface area contributed by atoms with E-state index in [1.807, 2.05) is 6.07 Å². The number of rotatable bonds is 7. The average Bonchev–Trinajstić information content (AvgIpc) is 2.60. The van der Waals surface area contributed by atoms with Crippen molar-refractivity contribution >= 4 is 5.91 Å². The molecule has 1 unspecified atom stereocenters. The molecular formula is C18H29N3O. The van der Waals surface area contributed by atoms with Crippen LogP contribution < -0.4 is 10.6 Å². The zero-order chi connectivity index (χ0) is 15.8. The van der Waals surface area contributed by atoms with Gasteiger partial charge in [-0.2, -0.15) is 0 Å². The Morgan fingerprint density at radius 2 is 2.05 bits per heavy atom. The Balaban J connectivity index is 1.98. The zero-order valence-corrected chi connectivity index (χ0v) is 13.8. The summed E-state index contributed by atoms with van der Waals surface area (Å²) in [6.07, 6.45) is 2.09. The summed E-state index contributed by atoms with van der Waals surface area (Å²) >= 11 is 0. The lowest BCUT2D eigenvalue weighted by Crippen LogP contribution is -2.44. The Morgan fingerprint density at radius 3 is 2.64 bits per heavy atom. The van der Waals surface area contributed by atoms with Crippen LogP contribution in [0.2, 0.25) is 0 Å². The first-order valence-corrected chi connectivity index (χ1v) is 8.53.